The fourth-order valence-electron chi connectivity index (χ4n) is 2.24. The van der Waals surface area contributed by atoms with Crippen molar-refractivity contribution in [2.24, 2.45) is 17.6 Å². The first-order chi connectivity index (χ1) is 12.4. The molecule has 6 N–H and O–H groups in total. The molecule has 4 atom stereocenters. The van der Waals surface area contributed by atoms with E-state index in [4.69, 9.17) is 5.73 Å². The summed E-state index contributed by atoms with van der Waals surface area (Å²) in [4.78, 5) is 47.9. The minimum absolute atomic E-state index is 0.0739. The Balaban J connectivity index is 5.01. The molecule has 3 amide bonds. The molecule has 0 radical (unpaired) electrons. The van der Waals surface area contributed by atoms with Gasteiger partial charge in [0.25, 0.3) is 0 Å². The molecule has 0 aromatic rings. The maximum atomic E-state index is 12.5. The lowest BCUT2D eigenvalue weighted by atomic mass is 10.00. The molecule has 0 aromatic carbocycles. The molecule has 0 heterocycles. The van der Waals surface area contributed by atoms with Gasteiger partial charge in [-0.1, -0.05) is 27.7 Å². The van der Waals surface area contributed by atoms with Gasteiger partial charge in [-0.25, -0.2) is 4.79 Å². The van der Waals surface area contributed by atoms with Crippen molar-refractivity contribution in [3.8, 4) is 0 Å². The molecule has 10 heteroatoms. The summed E-state index contributed by atoms with van der Waals surface area (Å²) >= 11 is 3.92. The summed E-state index contributed by atoms with van der Waals surface area (Å²) in [6.07, 6.45) is 0.272. The Kier molecular flexibility index (Phi) is 11.0. The second kappa shape index (κ2) is 11.8. The number of carboxylic acids is 1. The minimum Gasteiger partial charge on any atom is -0.480 e. The number of amides is 3. The number of hydrogen-bond acceptors (Lipinski definition) is 6. The van der Waals surface area contributed by atoms with E-state index < -0.39 is 47.9 Å². The number of aliphatic carboxylic acids is 1. The molecule has 0 rings (SSSR count). The Bertz CT molecular complexity index is 541. The van der Waals surface area contributed by atoms with Gasteiger partial charge >= 0.3 is 5.97 Å². The number of thiol groups is 1. The molecule has 0 bridgehead atoms. The van der Waals surface area contributed by atoms with Gasteiger partial charge < -0.3 is 26.8 Å². The number of nitrogens with one attached hydrogen (secondary N) is 3. The average Bonchev–Trinajstić information content (AvgIpc) is 2.56. The normalized spacial score (nSPS) is 15.6. The smallest absolute Gasteiger partial charge is 0.326 e. The molecule has 0 aliphatic heterocycles. The largest absolute Gasteiger partial charge is 0.480 e. The molecule has 0 saturated heterocycles. The molecule has 0 fully saturated rings. The summed E-state index contributed by atoms with van der Waals surface area (Å²) in [5.41, 5.74) is 5.55. The van der Waals surface area contributed by atoms with E-state index in [1.807, 2.05) is 13.8 Å². The van der Waals surface area contributed by atoms with Crippen molar-refractivity contribution in [1.29, 1.82) is 0 Å². The second-order valence-electron chi connectivity index (χ2n) is 7.28. The molecule has 0 aliphatic carbocycles. The highest BCUT2D eigenvalue weighted by atomic mass is 32.1. The molecule has 0 aliphatic rings. The summed E-state index contributed by atoms with van der Waals surface area (Å²) in [6, 6.07) is -3.74. The Morgan fingerprint density at radius 1 is 0.926 bits per heavy atom. The Labute approximate surface area is 165 Å². The first kappa shape index (κ1) is 25.2. The van der Waals surface area contributed by atoms with Gasteiger partial charge in [-0.2, -0.15) is 12.6 Å². The van der Waals surface area contributed by atoms with Crippen LogP contribution in [0.3, 0.4) is 0 Å². The molecular weight excluding hydrogens is 372 g/mol. The van der Waals surface area contributed by atoms with Crippen LogP contribution in [-0.4, -0.2) is 58.7 Å². The predicted molar refractivity (Wildman–Crippen MR) is 105 cm³/mol. The number of carboxylic acid groups (broad SMARTS) is 1. The van der Waals surface area contributed by atoms with E-state index in [1.165, 1.54) is 6.92 Å². The summed E-state index contributed by atoms with van der Waals surface area (Å²) in [5, 5.41) is 16.7. The van der Waals surface area contributed by atoms with E-state index in [1.54, 1.807) is 13.8 Å². The molecule has 9 nitrogen and oxygen atoms in total. The lowest BCUT2D eigenvalue weighted by molar-refractivity contribution is -0.143. The van der Waals surface area contributed by atoms with Crippen LogP contribution < -0.4 is 21.7 Å². The van der Waals surface area contributed by atoms with E-state index >= 15 is 0 Å². The van der Waals surface area contributed by atoms with Crippen LogP contribution in [0, 0.1) is 11.8 Å². The van der Waals surface area contributed by atoms with Gasteiger partial charge in [-0.05, 0) is 25.2 Å². The maximum absolute atomic E-state index is 12.5. The first-order valence-corrected chi connectivity index (χ1v) is 9.54. The number of hydrogen-bond donors (Lipinski definition) is 6. The SMILES string of the molecule is CC(C)CC(NC(=O)C(NC(=O)C(C)NC(=O)C(N)CS)C(C)C)C(=O)O. The van der Waals surface area contributed by atoms with Gasteiger partial charge in [-0.15, -0.1) is 0 Å². The first-order valence-electron chi connectivity index (χ1n) is 8.91. The third-order valence-corrected chi connectivity index (χ3v) is 4.25. The molecule has 156 valence electrons. The number of carbonyl (C=O) groups excluding carboxylic acids is 3. The van der Waals surface area contributed by atoms with E-state index in [0.717, 1.165) is 0 Å². The van der Waals surface area contributed by atoms with Crippen LogP contribution in [0.5, 0.6) is 0 Å². The van der Waals surface area contributed by atoms with E-state index in [-0.39, 0.29) is 24.0 Å². The van der Waals surface area contributed by atoms with Crippen LogP contribution in [0.1, 0.15) is 41.0 Å². The van der Waals surface area contributed by atoms with Crippen LogP contribution >= 0.6 is 12.6 Å². The average molecular weight is 405 g/mol. The number of nitrogens with two attached hydrogens (primary N) is 1. The minimum atomic E-state index is -1.13. The van der Waals surface area contributed by atoms with Gasteiger partial charge in [0, 0.05) is 5.75 Å². The van der Waals surface area contributed by atoms with Crippen molar-refractivity contribution < 1.29 is 24.3 Å². The van der Waals surface area contributed by atoms with Gasteiger partial charge in [-0.3, -0.25) is 14.4 Å². The lowest BCUT2D eigenvalue weighted by Gasteiger charge is -2.26. The highest BCUT2D eigenvalue weighted by Gasteiger charge is 2.30. The molecule has 0 saturated carbocycles. The molecule has 4 unspecified atom stereocenters. The van der Waals surface area contributed by atoms with Gasteiger partial charge in [0.05, 0.1) is 6.04 Å². The van der Waals surface area contributed by atoms with Crippen LogP contribution in [0.15, 0.2) is 0 Å². The van der Waals surface area contributed by atoms with E-state index in [2.05, 4.69) is 28.6 Å². The van der Waals surface area contributed by atoms with Crippen molar-refractivity contribution in [2.45, 2.75) is 65.2 Å². The summed E-state index contributed by atoms with van der Waals surface area (Å²) in [5.74, 6) is -2.90. The standard InChI is InChI=1S/C17H32N4O5S/c1-8(2)6-12(17(25)26)20-16(24)13(9(3)4)21-14(22)10(5)19-15(23)11(18)7-27/h8-13,27H,6-7,18H2,1-5H3,(H,19,23)(H,20,24)(H,21,22)(H,25,26). The topological polar surface area (TPSA) is 151 Å². The van der Waals surface area contributed by atoms with Gasteiger partial charge in [0.2, 0.25) is 17.7 Å². The molecule has 0 spiro atoms. The van der Waals surface area contributed by atoms with Crippen LogP contribution in [0.25, 0.3) is 0 Å². The van der Waals surface area contributed by atoms with Crippen LogP contribution in [0.4, 0.5) is 0 Å². The van der Waals surface area contributed by atoms with Crippen molar-refractivity contribution in [2.75, 3.05) is 5.75 Å². The number of rotatable bonds is 11. The quantitative estimate of drug-likeness (QED) is 0.256. The second-order valence-corrected chi connectivity index (χ2v) is 7.64. The monoisotopic (exact) mass is 404 g/mol. The Hall–Kier alpha value is -1.81. The lowest BCUT2D eigenvalue weighted by Crippen LogP contribution is -2.58. The van der Waals surface area contributed by atoms with Crippen molar-refractivity contribution in [1.82, 2.24) is 16.0 Å². The Morgan fingerprint density at radius 2 is 1.48 bits per heavy atom. The van der Waals surface area contributed by atoms with Gasteiger partial charge in [0.15, 0.2) is 0 Å². The van der Waals surface area contributed by atoms with Gasteiger partial charge in [0.1, 0.15) is 18.1 Å². The molecular formula is C17H32N4O5S. The zero-order valence-corrected chi connectivity index (χ0v) is 17.4. The van der Waals surface area contributed by atoms with Crippen molar-refractivity contribution in [3.05, 3.63) is 0 Å². The fraction of sp³-hybridized carbons (Fsp3) is 0.765. The highest BCUT2D eigenvalue weighted by Crippen LogP contribution is 2.08. The zero-order chi connectivity index (χ0) is 21.3. The predicted octanol–water partition coefficient (Wildman–Crippen LogP) is -0.495. The summed E-state index contributed by atoms with van der Waals surface area (Å²) < 4.78 is 0. The fourth-order valence-corrected chi connectivity index (χ4v) is 2.40. The van der Waals surface area contributed by atoms with E-state index in [9.17, 15) is 24.3 Å². The Morgan fingerprint density at radius 3 is 1.89 bits per heavy atom. The third kappa shape index (κ3) is 9.09. The van der Waals surface area contributed by atoms with E-state index in [0.29, 0.717) is 0 Å². The summed E-state index contributed by atoms with van der Waals surface area (Å²) in [6.45, 7) is 8.62. The summed E-state index contributed by atoms with van der Waals surface area (Å²) in [7, 11) is 0. The van der Waals surface area contributed by atoms with Crippen LogP contribution in [0.2, 0.25) is 0 Å². The van der Waals surface area contributed by atoms with Crippen molar-refractivity contribution >= 4 is 36.3 Å². The van der Waals surface area contributed by atoms with Crippen LogP contribution in [-0.2, 0) is 19.2 Å². The molecule has 0 aromatic heterocycles. The zero-order valence-electron chi connectivity index (χ0n) is 16.5. The molecule has 27 heavy (non-hydrogen) atoms. The van der Waals surface area contributed by atoms with Crippen molar-refractivity contribution in [3.63, 3.8) is 0 Å². The number of carbonyl (C=O) groups is 4. The maximum Gasteiger partial charge on any atom is 0.326 e. The highest BCUT2D eigenvalue weighted by molar-refractivity contribution is 7.80. The third-order valence-electron chi connectivity index (χ3n) is 3.85.